The molecule has 0 aliphatic heterocycles. The van der Waals surface area contributed by atoms with Crippen molar-refractivity contribution in [3.8, 4) is 0 Å². The van der Waals surface area contributed by atoms with E-state index in [2.05, 4.69) is 15.5 Å². The van der Waals surface area contributed by atoms with Crippen molar-refractivity contribution < 1.29 is 4.79 Å². The molecule has 3 rings (SSSR count). The van der Waals surface area contributed by atoms with Crippen LogP contribution in [0.4, 0.5) is 5.69 Å². The first-order valence-corrected chi connectivity index (χ1v) is 8.51. The van der Waals surface area contributed by atoms with E-state index in [4.69, 9.17) is 23.2 Å². The van der Waals surface area contributed by atoms with E-state index in [9.17, 15) is 4.79 Å². The molecule has 8 heteroatoms. The van der Waals surface area contributed by atoms with Crippen LogP contribution >= 0.6 is 23.2 Å². The van der Waals surface area contributed by atoms with E-state index in [-0.39, 0.29) is 5.91 Å². The van der Waals surface area contributed by atoms with Gasteiger partial charge in [-0.15, -0.1) is 0 Å². The molecule has 0 atom stereocenters. The molecule has 6 nitrogen and oxygen atoms in total. The molecule has 0 aliphatic rings. The smallest absolute Gasteiger partial charge is 0.226 e. The summed E-state index contributed by atoms with van der Waals surface area (Å²) >= 11 is 11.8. The highest BCUT2D eigenvalue weighted by Crippen LogP contribution is 2.15. The van der Waals surface area contributed by atoms with Crippen LogP contribution in [0.3, 0.4) is 0 Å². The van der Waals surface area contributed by atoms with Crippen molar-refractivity contribution in [1.29, 1.82) is 0 Å². The first-order chi connectivity index (χ1) is 12.0. The Hall–Kier alpha value is -2.31. The monoisotopic (exact) mass is 377 g/mol. The number of halogens is 2. The highest BCUT2D eigenvalue weighted by Gasteiger charge is 2.07. The summed E-state index contributed by atoms with van der Waals surface area (Å²) in [7, 11) is 0. The van der Waals surface area contributed by atoms with E-state index in [1.54, 1.807) is 28.0 Å². The lowest BCUT2D eigenvalue weighted by Crippen LogP contribution is -2.15. The Morgan fingerprint density at radius 1 is 1.24 bits per heavy atom. The van der Waals surface area contributed by atoms with Crippen molar-refractivity contribution in [1.82, 2.24) is 19.6 Å². The molecule has 0 aliphatic carbocycles. The Balaban J connectivity index is 1.56. The van der Waals surface area contributed by atoms with Gasteiger partial charge in [0, 0.05) is 31.0 Å². The van der Waals surface area contributed by atoms with Gasteiger partial charge in [-0.2, -0.15) is 10.2 Å². The van der Waals surface area contributed by atoms with Crippen molar-refractivity contribution in [2.75, 3.05) is 5.32 Å². The molecule has 2 aromatic heterocycles. The number of carbonyl (C=O) groups is 1. The van der Waals surface area contributed by atoms with Crippen molar-refractivity contribution in [2.24, 2.45) is 0 Å². The minimum Gasteiger partial charge on any atom is -0.326 e. The first-order valence-electron chi connectivity index (χ1n) is 7.76. The van der Waals surface area contributed by atoms with Gasteiger partial charge in [0.1, 0.15) is 0 Å². The zero-order valence-electron chi connectivity index (χ0n) is 13.6. The van der Waals surface area contributed by atoms with E-state index in [0.29, 0.717) is 29.6 Å². The van der Waals surface area contributed by atoms with E-state index < -0.39 is 0 Å². The molecule has 1 amide bonds. The van der Waals surface area contributed by atoms with E-state index in [0.717, 1.165) is 16.9 Å². The summed E-state index contributed by atoms with van der Waals surface area (Å²) < 4.78 is 3.42. The lowest BCUT2D eigenvalue weighted by atomic mass is 10.2. The number of hydrogen-bond acceptors (Lipinski definition) is 3. The van der Waals surface area contributed by atoms with Gasteiger partial charge in [-0.1, -0.05) is 35.3 Å². The zero-order chi connectivity index (χ0) is 17.8. The number of aryl methyl sites for hydroxylation is 2. The van der Waals surface area contributed by atoms with Crippen LogP contribution in [0.15, 0.2) is 42.9 Å². The Morgan fingerprint density at radius 2 is 2.08 bits per heavy atom. The highest BCUT2D eigenvalue weighted by atomic mass is 35.5. The number of rotatable bonds is 6. The maximum atomic E-state index is 12.1. The van der Waals surface area contributed by atoms with Gasteiger partial charge in [-0.25, -0.2) is 0 Å². The van der Waals surface area contributed by atoms with Crippen LogP contribution in [0.25, 0.3) is 0 Å². The van der Waals surface area contributed by atoms with Crippen LogP contribution in [0.1, 0.15) is 17.7 Å². The number of benzene rings is 1. The fourth-order valence-corrected chi connectivity index (χ4v) is 2.71. The molecule has 0 fully saturated rings. The molecule has 0 saturated heterocycles. The topological polar surface area (TPSA) is 64.7 Å². The summed E-state index contributed by atoms with van der Waals surface area (Å²) in [5, 5.41) is 12.5. The number of carbonyl (C=O) groups excluding carboxylic acids is 1. The minimum atomic E-state index is -0.0800. The number of amides is 1. The van der Waals surface area contributed by atoms with Gasteiger partial charge in [0.15, 0.2) is 0 Å². The predicted octanol–water partition coefficient (Wildman–Crippen LogP) is 3.77. The molecule has 1 aromatic carbocycles. The SMILES string of the molecule is Cc1nn(CCC(=O)Nc2cccc(Cn3cc(Cl)cn3)c2)cc1Cl. The largest absolute Gasteiger partial charge is 0.326 e. The molecule has 0 unspecified atom stereocenters. The van der Waals surface area contributed by atoms with Gasteiger partial charge in [0.05, 0.1) is 28.5 Å². The molecule has 130 valence electrons. The fourth-order valence-electron chi connectivity index (χ4n) is 2.41. The Labute approximate surface area is 155 Å². The fraction of sp³-hybridized carbons (Fsp3) is 0.235. The second-order valence-electron chi connectivity index (χ2n) is 5.68. The van der Waals surface area contributed by atoms with Gasteiger partial charge in [-0.3, -0.25) is 14.2 Å². The summed E-state index contributed by atoms with van der Waals surface area (Å²) in [6.07, 6.45) is 5.39. The average Bonchev–Trinajstić information content (AvgIpc) is 3.11. The van der Waals surface area contributed by atoms with Gasteiger partial charge in [0.2, 0.25) is 5.91 Å². The number of anilines is 1. The number of nitrogens with zero attached hydrogens (tertiary/aromatic N) is 4. The Morgan fingerprint density at radius 3 is 2.76 bits per heavy atom. The second kappa shape index (κ2) is 7.72. The molecule has 1 N–H and O–H groups in total. The third kappa shape index (κ3) is 4.84. The molecule has 0 saturated carbocycles. The standard InChI is InChI=1S/C17H17Cl2N5O/c1-12-16(19)11-23(22-12)6-5-17(25)21-15-4-2-3-13(7-15)9-24-10-14(18)8-20-24/h2-4,7-8,10-11H,5-6,9H2,1H3,(H,21,25). The molecule has 3 aromatic rings. The lowest BCUT2D eigenvalue weighted by molar-refractivity contribution is -0.116. The van der Waals surface area contributed by atoms with Crippen LogP contribution in [0.5, 0.6) is 0 Å². The van der Waals surface area contributed by atoms with E-state index in [1.165, 1.54) is 0 Å². The average molecular weight is 378 g/mol. The number of hydrogen-bond donors (Lipinski definition) is 1. The Kier molecular flexibility index (Phi) is 5.40. The van der Waals surface area contributed by atoms with Crippen molar-refractivity contribution in [3.63, 3.8) is 0 Å². The number of nitrogens with one attached hydrogen (secondary N) is 1. The van der Waals surface area contributed by atoms with Gasteiger partial charge in [-0.05, 0) is 24.6 Å². The normalized spacial score (nSPS) is 10.8. The van der Waals surface area contributed by atoms with Crippen LogP contribution in [-0.2, 0) is 17.9 Å². The molecule has 0 radical (unpaired) electrons. The first kappa shape index (κ1) is 17.5. The third-order valence-electron chi connectivity index (χ3n) is 3.61. The molecule has 25 heavy (non-hydrogen) atoms. The Bertz CT molecular complexity index is 867. The number of aromatic nitrogens is 4. The van der Waals surface area contributed by atoms with Crippen molar-refractivity contribution in [3.05, 3.63) is 64.2 Å². The van der Waals surface area contributed by atoms with Crippen LogP contribution in [0, 0.1) is 6.92 Å². The van der Waals surface area contributed by atoms with Gasteiger partial charge in [0.25, 0.3) is 0 Å². The highest BCUT2D eigenvalue weighted by molar-refractivity contribution is 6.31. The maximum Gasteiger partial charge on any atom is 0.226 e. The van der Waals surface area contributed by atoms with E-state index in [1.807, 2.05) is 31.2 Å². The predicted molar refractivity (Wildman–Crippen MR) is 98.0 cm³/mol. The van der Waals surface area contributed by atoms with Gasteiger partial charge < -0.3 is 5.32 Å². The molecular formula is C17H17Cl2N5O. The lowest BCUT2D eigenvalue weighted by Gasteiger charge is -2.08. The van der Waals surface area contributed by atoms with Crippen LogP contribution in [0.2, 0.25) is 10.0 Å². The van der Waals surface area contributed by atoms with Crippen LogP contribution in [-0.4, -0.2) is 25.5 Å². The third-order valence-corrected chi connectivity index (χ3v) is 4.18. The van der Waals surface area contributed by atoms with E-state index >= 15 is 0 Å². The molecule has 0 bridgehead atoms. The maximum absolute atomic E-state index is 12.1. The van der Waals surface area contributed by atoms with Crippen LogP contribution < -0.4 is 5.32 Å². The quantitative estimate of drug-likeness (QED) is 0.710. The van der Waals surface area contributed by atoms with Crippen molar-refractivity contribution >= 4 is 34.8 Å². The van der Waals surface area contributed by atoms with Crippen molar-refractivity contribution in [2.45, 2.75) is 26.4 Å². The molecule has 2 heterocycles. The summed E-state index contributed by atoms with van der Waals surface area (Å²) in [5.41, 5.74) is 2.52. The van der Waals surface area contributed by atoms with Gasteiger partial charge >= 0.3 is 0 Å². The summed E-state index contributed by atoms with van der Waals surface area (Å²) in [6, 6.07) is 7.64. The zero-order valence-corrected chi connectivity index (χ0v) is 15.1. The summed E-state index contributed by atoms with van der Waals surface area (Å²) in [5.74, 6) is -0.0800. The second-order valence-corrected chi connectivity index (χ2v) is 6.52. The summed E-state index contributed by atoms with van der Waals surface area (Å²) in [4.78, 5) is 12.1. The minimum absolute atomic E-state index is 0.0800. The summed E-state index contributed by atoms with van der Waals surface area (Å²) in [6.45, 7) is 2.89. The molecular weight excluding hydrogens is 361 g/mol. The molecule has 0 spiro atoms.